The van der Waals surface area contributed by atoms with Gasteiger partial charge in [0.2, 0.25) is 0 Å². The summed E-state index contributed by atoms with van der Waals surface area (Å²) in [5.74, 6) is 0.111. The van der Waals surface area contributed by atoms with E-state index in [1.807, 2.05) is 22.9 Å². The summed E-state index contributed by atoms with van der Waals surface area (Å²) in [6, 6.07) is 10.2. The molecule has 0 saturated heterocycles. The topological polar surface area (TPSA) is 22.0 Å². The average molecular weight is 227 g/mol. The van der Waals surface area contributed by atoms with Crippen LogP contribution in [0.25, 0.3) is 0 Å². The smallest absolute Gasteiger partial charge is 0.176 e. The second-order valence-electron chi connectivity index (χ2n) is 4.51. The molecule has 2 aromatic rings. The van der Waals surface area contributed by atoms with E-state index in [1.165, 1.54) is 16.7 Å². The Hall–Kier alpha value is -1.83. The van der Waals surface area contributed by atoms with Gasteiger partial charge in [0.05, 0.1) is 5.69 Å². The van der Waals surface area contributed by atoms with E-state index in [1.54, 1.807) is 6.92 Å². The largest absolute Gasteiger partial charge is 0.341 e. The summed E-state index contributed by atoms with van der Waals surface area (Å²) >= 11 is 0. The Morgan fingerprint density at radius 2 is 2.00 bits per heavy atom. The molecule has 0 radical (unpaired) electrons. The fraction of sp³-hybridized carbons (Fsp3) is 0.267. The van der Waals surface area contributed by atoms with Crippen molar-refractivity contribution in [3.63, 3.8) is 0 Å². The number of aryl methyl sites for hydroxylation is 2. The number of carbonyl (C=O) groups excluding carboxylic acids is 1. The average Bonchev–Trinajstić information content (AvgIpc) is 2.71. The van der Waals surface area contributed by atoms with Crippen LogP contribution in [0.1, 0.15) is 34.1 Å². The zero-order valence-corrected chi connectivity index (χ0v) is 10.5. The van der Waals surface area contributed by atoms with Crippen LogP contribution < -0.4 is 0 Å². The summed E-state index contributed by atoms with van der Waals surface area (Å²) < 4.78 is 2.00. The number of benzene rings is 1. The SMILES string of the molecule is CC(=O)c1cccn1Cc1cc(C)ccc1C. The number of aromatic nitrogens is 1. The molecule has 0 fully saturated rings. The number of hydrogen-bond donors (Lipinski definition) is 0. The summed E-state index contributed by atoms with van der Waals surface area (Å²) in [5, 5.41) is 0. The second kappa shape index (κ2) is 4.58. The van der Waals surface area contributed by atoms with Gasteiger partial charge in [-0.3, -0.25) is 4.79 Å². The number of hydrogen-bond acceptors (Lipinski definition) is 1. The molecule has 17 heavy (non-hydrogen) atoms. The summed E-state index contributed by atoms with van der Waals surface area (Å²) in [4.78, 5) is 11.4. The van der Waals surface area contributed by atoms with Crippen molar-refractivity contribution in [3.8, 4) is 0 Å². The number of nitrogens with zero attached hydrogens (tertiary/aromatic N) is 1. The fourth-order valence-corrected chi connectivity index (χ4v) is 2.03. The molecule has 2 rings (SSSR count). The second-order valence-corrected chi connectivity index (χ2v) is 4.51. The van der Waals surface area contributed by atoms with Gasteiger partial charge < -0.3 is 4.57 Å². The molecule has 0 bridgehead atoms. The standard InChI is InChI=1S/C15H17NO/c1-11-6-7-12(2)14(9-11)10-16-8-4-5-15(16)13(3)17/h4-9H,10H2,1-3H3. The van der Waals surface area contributed by atoms with Gasteiger partial charge in [-0.05, 0) is 37.1 Å². The molecule has 1 aromatic carbocycles. The monoisotopic (exact) mass is 227 g/mol. The molecule has 88 valence electrons. The van der Waals surface area contributed by atoms with Crippen LogP contribution in [0.4, 0.5) is 0 Å². The van der Waals surface area contributed by atoms with Crippen LogP contribution in [0.3, 0.4) is 0 Å². The van der Waals surface area contributed by atoms with Crippen molar-refractivity contribution in [2.24, 2.45) is 0 Å². The summed E-state index contributed by atoms with van der Waals surface area (Å²) in [7, 11) is 0. The van der Waals surface area contributed by atoms with Crippen LogP contribution in [0, 0.1) is 13.8 Å². The number of carbonyl (C=O) groups is 1. The molecule has 0 N–H and O–H groups in total. The molecule has 1 aromatic heterocycles. The highest BCUT2D eigenvalue weighted by molar-refractivity contribution is 5.92. The predicted molar refractivity (Wildman–Crippen MR) is 69.5 cm³/mol. The number of ketones is 1. The van der Waals surface area contributed by atoms with E-state index in [0.717, 1.165) is 12.2 Å². The minimum atomic E-state index is 0.111. The molecule has 2 nitrogen and oxygen atoms in total. The lowest BCUT2D eigenvalue weighted by Crippen LogP contribution is -2.07. The molecule has 1 heterocycles. The number of rotatable bonds is 3. The van der Waals surface area contributed by atoms with E-state index < -0.39 is 0 Å². The maximum Gasteiger partial charge on any atom is 0.176 e. The van der Waals surface area contributed by atoms with Crippen molar-refractivity contribution >= 4 is 5.78 Å². The highest BCUT2D eigenvalue weighted by atomic mass is 16.1. The van der Waals surface area contributed by atoms with E-state index >= 15 is 0 Å². The normalized spacial score (nSPS) is 10.5. The Morgan fingerprint density at radius 3 is 2.71 bits per heavy atom. The molecule has 0 aliphatic carbocycles. The molecule has 0 spiro atoms. The van der Waals surface area contributed by atoms with Crippen molar-refractivity contribution in [1.29, 1.82) is 0 Å². The van der Waals surface area contributed by atoms with Crippen molar-refractivity contribution in [1.82, 2.24) is 4.57 Å². The third kappa shape index (κ3) is 2.47. The Labute approximate surface area is 102 Å². The van der Waals surface area contributed by atoms with Gasteiger partial charge in [-0.15, -0.1) is 0 Å². The quantitative estimate of drug-likeness (QED) is 0.737. The van der Waals surface area contributed by atoms with Gasteiger partial charge in [0, 0.05) is 19.7 Å². The molecule has 0 aliphatic heterocycles. The Morgan fingerprint density at radius 1 is 1.24 bits per heavy atom. The highest BCUT2D eigenvalue weighted by Crippen LogP contribution is 2.14. The molecule has 0 amide bonds. The minimum Gasteiger partial charge on any atom is -0.341 e. The Bertz CT molecular complexity index is 552. The first-order chi connectivity index (χ1) is 8.08. The first-order valence-corrected chi connectivity index (χ1v) is 5.80. The summed E-state index contributed by atoms with van der Waals surface area (Å²) in [6.07, 6.45) is 1.96. The van der Waals surface area contributed by atoms with Gasteiger partial charge in [0.25, 0.3) is 0 Å². The number of Topliss-reactive ketones (excluding diaryl/α,β-unsaturated/α-hetero) is 1. The molecule has 0 unspecified atom stereocenters. The zero-order valence-electron chi connectivity index (χ0n) is 10.5. The van der Waals surface area contributed by atoms with Crippen LogP contribution >= 0.6 is 0 Å². The maximum atomic E-state index is 11.4. The van der Waals surface area contributed by atoms with Gasteiger partial charge >= 0.3 is 0 Å². The van der Waals surface area contributed by atoms with Crippen molar-refractivity contribution < 1.29 is 4.79 Å². The van der Waals surface area contributed by atoms with Gasteiger partial charge in [0.15, 0.2) is 5.78 Å². The van der Waals surface area contributed by atoms with Crippen LogP contribution in [0.2, 0.25) is 0 Å². The Balaban J connectivity index is 2.34. The lowest BCUT2D eigenvalue weighted by Gasteiger charge is -2.10. The van der Waals surface area contributed by atoms with E-state index in [-0.39, 0.29) is 5.78 Å². The third-order valence-electron chi connectivity index (χ3n) is 3.04. The molecule has 0 saturated carbocycles. The molecular weight excluding hydrogens is 210 g/mol. The Kier molecular flexibility index (Phi) is 3.14. The van der Waals surface area contributed by atoms with Crippen LogP contribution in [0.15, 0.2) is 36.5 Å². The van der Waals surface area contributed by atoms with E-state index in [9.17, 15) is 4.79 Å². The molecule has 0 aliphatic rings. The lowest BCUT2D eigenvalue weighted by atomic mass is 10.1. The van der Waals surface area contributed by atoms with Gasteiger partial charge in [-0.25, -0.2) is 0 Å². The van der Waals surface area contributed by atoms with Crippen molar-refractivity contribution in [2.75, 3.05) is 0 Å². The fourth-order valence-electron chi connectivity index (χ4n) is 2.03. The van der Waals surface area contributed by atoms with Crippen LogP contribution in [0.5, 0.6) is 0 Å². The highest BCUT2D eigenvalue weighted by Gasteiger charge is 2.07. The molecule has 2 heteroatoms. The van der Waals surface area contributed by atoms with E-state index in [0.29, 0.717) is 0 Å². The van der Waals surface area contributed by atoms with Crippen LogP contribution in [-0.4, -0.2) is 10.4 Å². The first kappa shape index (κ1) is 11.6. The van der Waals surface area contributed by atoms with Crippen molar-refractivity contribution in [3.05, 3.63) is 58.9 Å². The van der Waals surface area contributed by atoms with Gasteiger partial charge in [-0.1, -0.05) is 23.8 Å². The van der Waals surface area contributed by atoms with Crippen molar-refractivity contribution in [2.45, 2.75) is 27.3 Å². The molecule has 0 atom stereocenters. The predicted octanol–water partition coefficient (Wildman–Crippen LogP) is 3.36. The minimum absolute atomic E-state index is 0.111. The van der Waals surface area contributed by atoms with E-state index in [2.05, 4.69) is 32.0 Å². The lowest BCUT2D eigenvalue weighted by molar-refractivity contribution is 0.100. The van der Waals surface area contributed by atoms with E-state index in [4.69, 9.17) is 0 Å². The zero-order chi connectivity index (χ0) is 12.4. The summed E-state index contributed by atoms with van der Waals surface area (Å²) in [6.45, 7) is 6.56. The van der Waals surface area contributed by atoms with Crippen LogP contribution in [-0.2, 0) is 6.54 Å². The maximum absolute atomic E-state index is 11.4. The third-order valence-corrected chi connectivity index (χ3v) is 3.04. The summed E-state index contributed by atoms with van der Waals surface area (Å²) in [5.41, 5.74) is 4.55. The first-order valence-electron chi connectivity index (χ1n) is 5.80. The van der Waals surface area contributed by atoms with Gasteiger partial charge in [0.1, 0.15) is 0 Å². The molecular formula is C15H17NO. The van der Waals surface area contributed by atoms with Gasteiger partial charge in [-0.2, -0.15) is 0 Å².